The number of carboxylic acids is 1. The Morgan fingerprint density at radius 2 is 2.38 bits per heavy atom. The van der Waals surface area contributed by atoms with Crippen molar-refractivity contribution in [1.82, 2.24) is 20.0 Å². The summed E-state index contributed by atoms with van der Waals surface area (Å²) in [7, 11) is 0. The molecule has 0 saturated carbocycles. The molecule has 0 aliphatic rings. The Morgan fingerprint density at radius 1 is 1.54 bits per heavy atom. The summed E-state index contributed by atoms with van der Waals surface area (Å²) in [6, 6.07) is 0. The van der Waals surface area contributed by atoms with Gasteiger partial charge in [-0.2, -0.15) is 4.68 Å². The first-order valence-corrected chi connectivity index (χ1v) is 3.32. The van der Waals surface area contributed by atoms with Gasteiger partial charge >= 0.3 is 5.97 Å². The molecule has 2 heterocycles. The van der Waals surface area contributed by atoms with Crippen molar-refractivity contribution >= 4 is 5.97 Å². The van der Waals surface area contributed by atoms with Gasteiger partial charge in [-0.1, -0.05) is 5.21 Å². The molecule has 0 bridgehead atoms. The second-order valence-electron chi connectivity index (χ2n) is 2.18. The van der Waals surface area contributed by atoms with Crippen LogP contribution < -0.4 is 0 Å². The van der Waals surface area contributed by atoms with E-state index in [-0.39, 0.29) is 11.6 Å². The predicted octanol–water partition coefficient (Wildman–Crippen LogP) is -0.0465. The summed E-state index contributed by atoms with van der Waals surface area (Å²) in [6.45, 7) is 0. The van der Waals surface area contributed by atoms with Gasteiger partial charge in [0.25, 0.3) is 0 Å². The molecule has 0 radical (unpaired) electrons. The zero-order valence-electron chi connectivity index (χ0n) is 6.28. The molecule has 2 aromatic heterocycles. The van der Waals surface area contributed by atoms with Crippen molar-refractivity contribution < 1.29 is 14.3 Å². The van der Waals surface area contributed by atoms with Crippen LogP contribution in [0.4, 0.5) is 0 Å². The van der Waals surface area contributed by atoms with Gasteiger partial charge in [-0.3, -0.25) is 0 Å². The van der Waals surface area contributed by atoms with Crippen molar-refractivity contribution in [3.63, 3.8) is 0 Å². The minimum atomic E-state index is -1.12. The Labute approximate surface area is 71.6 Å². The van der Waals surface area contributed by atoms with Crippen LogP contribution in [0.15, 0.2) is 23.2 Å². The van der Waals surface area contributed by atoms with Crippen molar-refractivity contribution in [2.24, 2.45) is 0 Å². The minimum Gasteiger partial charge on any atom is -0.476 e. The summed E-state index contributed by atoms with van der Waals surface area (Å²) in [4.78, 5) is 14.2. The molecule has 0 fully saturated rings. The van der Waals surface area contributed by atoms with Gasteiger partial charge in [0.1, 0.15) is 0 Å². The molecule has 0 amide bonds. The minimum absolute atomic E-state index is 0.0725. The third kappa shape index (κ3) is 1.15. The molecule has 7 nitrogen and oxygen atoms in total. The van der Waals surface area contributed by atoms with Crippen LogP contribution in [0.2, 0.25) is 0 Å². The molecule has 7 heteroatoms. The van der Waals surface area contributed by atoms with Crippen LogP contribution >= 0.6 is 0 Å². The predicted molar refractivity (Wildman–Crippen MR) is 38.4 cm³/mol. The quantitative estimate of drug-likeness (QED) is 0.696. The molecule has 0 aliphatic heterocycles. The van der Waals surface area contributed by atoms with E-state index >= 15 is 0 Å². The van der Waals surface area contributed by atoms with Gasteiger partial charge in [-0.05, 0) is 0 Å². The smallest absolute Gasteiger partial charge is 0.356 e. The second-order valence-corrected chi connectivity index (χ2v) is 2.18. The number of oxazole rings is 1. The fourth-order valence-electron chi connectivity index (χ4n) is 0.857. The van der Waals surface area contributed by atoms with E-state index in [0.717, 1.165) is 10.9 Å². The summed E-state index contributed by atoms with van der Waals surface area (Å²) in [5, 5.41) is 15.7. The highest BCUT2D eigenvalue weighted by Gasteiger charge is 2.14. The van der Waals surface area contributed by atoms with Gasteiger partial charge in [0.15, 0.2) is 12.1 Å². The van der Waals surface area contributed by atoms with Gasteiger partial charge in [0, 0.05) is 0 Å². The van der Waals surface area contributed by atoms with Crippen LogP contribution in [0.25, 0.3) is 5.88 Å². The summed E-state index contributed by atoms with van der Waals surface area (Å²) >= 11 is 0. The highest BCUT2D eigenvalue weighted by Crippen LogP contribution is 2.07. The molecule has 0 aliphatic carbocycles. The Kier molecular flexibility index (Phi) is 1.55. The summed E-state index contributed by atoms with van der Waals surface area (Å²) in [5.41, 5.74) is -0.0725. The highest BCUT2D eigenvalue weighted by atomic mass is 16.4. The van der Waals surface area contributed by atoms with Crippen LogP contribution in [-0.2, 0) is 0 Å². The lowest BCUT2D eigenvalue weighted by Gasteiger charge is -1.94. The molecular formula is C6H4N4O3. The Morgan fingerprint density at radius 3 is 3.00 bits per heavy atom. The van der Waals surface area contributed by atoms with E-state index in [1.807, 2.05) is 0 Å². The second kappa shape index (κ2) is 2.70. The first-order chi connectivity index (χ1) is 6.29. The first kappa shape index (κ1) is 7.47. The number of rotatable bonds is 2. The summed E-state index contributed by atoms with van der Waals surface area (Å²) < 4.78 is 5.91. The molecular weight excluding hydrogens is 176 g/mol. The van der Waals surface area contributed by atoms with Crippen LogP contribution in [0.3, 0.4) is 0 Å². The fraction of sp³-hybridized carbons (Fsp3) is 0. The first-order valence-electron chi connectivity index (χ1n) is 3.32. The molecule has 2 rings (SSSR count). The average Bonchev–Trinajstić information content (AvgIpc) is 2.74. The van der Waals surface area contributed by atoms with Crippen LogP contribution in [0.5, 0.6) is 0 Å². The highest BCUT2D eigenvalue weighted by molar-refractivity contribution is 5.85. The molecule has 0 saturated heterocycles. The molecule has 0 atom stereocenters. The Bertz CT molecular complexity index is 419. The van der Waals surface area contributed by atoms with Crippen LogP contribution in [-0.4, -0.2) is 31.1 Å². The van der Waals surface area contributed by atoms with Gasteiger partial charge in [-0.25, -0.2) is 9.78 Å². The van der Waals surface area contributed by atoms with Crippen molar-refractivity contribution in [3.8, 4) is 5.88 Å². The topological polar surface area (TPSA) is 94.0 Å². The van der Waals surface area contributed by atoms with E-state index in [2.05, 4.69) is 15.3 Å². The Hall–Kier alpha value is -2.18. The van der Waals surface area contributed by atoms with E-state index in [9.17, 15) is 4.79 Å². The van der Waals surface area contributed by atoms with Gasteiger partial charge < -0.3 is 9.52 Å². The van der Waals surface area contributed by atoms with Crippen LogP contribution in [0, 0.1) is 0 Å². The van der Waals surface area contributed by atoms with E-state index in [0.29, 0.717) is 0 Å². The number of aromatic carboxylic acids is 1. The lowest BCUT2D eigenvalue weighted by atomic mass is 10.5. The van der Waals surface area contributed by atoms with Crippen molar-refractivity contribution in [2.45, 2.75) is 0 Å². The van der Waals surface area contributed by atoms with E-state index in [4.69, 9.17) is 9.52 Å². The summed E-state index contributed by atoms with van der Waals surface area (Å²) in [6.07, 6.45) is 3.66. The molecule has 1 N–H and O–H groups in total. The number of carbonyl (C=O) groups is 1. The van der Waals surface area contributed by atoms with Crippen molar-refractivity contribution in [1.29, 1.82) is 0 Å². The molecule has 0 aromatic carbocycles. The zero-order valence-corrected chi connectivity index (χ0v) is 6.28. The SMILES string of the molecule is O=C(O)c1cnnn1-c1cnco1. The lowest BCUT2D eigenvalue weighted by Crippen LogP contribution is -2.06. The maximum absolute atomic E-state index is 10.6. The maximum atomic E-state index is 10.6. The monoisotopic (exact) mass is 180 g/mol. The van der Waals surface area contributed by atoms with Gasteiger partial charge in [0.2, 0.25) is 5.88 Å². The van der Waals surface area contributed by atoms with E-state index in [1.165, 1.54) is 12.6 Å². The molecule has 0 spiro atoms. The van der Waals surface area contributed by atoms with E-state index < -0.39 is 5.97 Å². The standard InChI is InChI=1S/C6H4N4O3/c11-6(12)4-1-8-9-10(4)5-2-7-3-13-5/h1-3H,(H,11,12). The molecule has 66 valence electrons. The van der Waals surface area contributed by atoms with Gasteiger partial charge in [-0.15, -0.1) is 5.10 Å². The number of hydrogen-bond donors (Lipinski definition) is 1. The number of hydrogen-bond acceptors (Lipinski definition) is 5. The largest absolute Gasteiger partial charge is 0.476 e. The van der Waals surface area contributed by atoms with Crippen LogP contribution in [0.1, 0.15) is 10.5 Å². The molecule has 13 heavy (non-hydrogen) atoms. The van der Waals surface area contributed by atoms with E-state index in [1.54, 1.807) is 0 Å². The number of carboxylic acid groups (broad SMARTS) is 1. The maximum Gasteiger partial charge on any atom is 0.356 e. The number of aromatic nitrogens is 4. The third-order valence-corrected chi connectivity index (χ3v) is 1.40. The van der Waals surface area contributed by atoms with Crippen molar-refractivity contribution in [2.75, 3.05) is 0 Å². The average molecular weight is 180 g/mol. The Balaban J connectivity index is 2.52. The molecule has 2 aromatic rings. The van der Waals surface area contributed by atoms with Gasteiger partial charge in [0.05, 0.1) is 12.4 Å². The molecule has 0 unspecified atom stereocenters. The normalized spacial score (nSPS) is 10.2. The van der Waals surface area contributed by atoms with Crippen molar-refractivity contribution in [3.05, 3.63) is 24.5 Å². The summed E-state index contributed by atoms with van der Waals surface area (Å²) in [5.74, 6) is -0.906. The third-order valence-electron chi connectivity index (χ3n) is 1.40. The fourth-order valence-corrected chi connectivity index (χ4v) is 0.857. The zero-order chi connectivity index (χ0) is 9.26. The number of nitrogens with zero attached hydrogens (tertiary/aromatic N) is 4. The lowest BCUT2D eigenvalue weighted by molar-refractivity contribution is 0.0686.